The number of aliphatic imine (C=N–C) groups is 1. The number of halogens is 1. The molecule has 0 amide bonds. The van der Waals surface area contributed by atoms with Crippen molar-refractivity contribution in [3.8, 4) is 22.8 Å². The smallest absolute Gasteiger partial charge is 0.231 e. The summed E-state index contributed by atoms with van der Waals surface area (Å²) in [5.74, 6) is 3.14. The van der Waals surface area contributed by atoms with Crippen LogP contribution in [0.15, 0.2) is 59.7 Å². The second-order valence-corrected chi connectivity index (χ2v) is 6.35. The summed E-state index contributed by atoms with van der Waals surface area (Å²) in [7, 11) is 0. The molecule has 2 heterocycles. The first-order valence-electron chi connectivity index (χ1n) is 9.32. The molecule has 1 aliphatic rings. The number of H-pyrrole nitrogens is 1. The molecule has 7 nitrogen and oxygen atoms in total. The number of rotatable bonds is 6. The van der Waals surface area contributed by atoms with Crippen LogP contribution in [0.5, 0.6) is 11.5 Å². The zero-order valence-electron chi connectivity index (χ0n) is 16.1. The Balaban J connectivity index is 0.00000240. The van der Waals surface area contributed by atoms with Gasteiger partial charge in [-0.2, -0.15) is 0 Å². The third-order valence-corrected chi connectivity index (χ3v) is 4.34. The van der Waals surface area contributed by atoms with E-state index in [1.807, 2.05) is 49.5 Å². The van der Waals surface area contributed by atoms with Gasteiger partial charge in [0, 0.05) is 6.54 Å². The maximum atomic E-state index is 5.42. The lowest BCUT2D eigenvalue weighted by molar-refractivity contribution is 0.174. The topological polar surface area (TPSA) is 83.6 Å². The summed E-state index contributed by atoms with van der Waals surface area (Å²) in [6.07, 6.45) is 1.85. The first-order valence-corrected chi connectivity index (χ1v) is 9.32. The van der Waals surface area contributed by atoms with Crippen LogP contribution in [0.2, 0.25) is 0 Å². The minimum absolute atomic E-state index is 0. The van der Waals surface area contributed by atoms with Crippen molar-refractivity contribution in [2.24, 2.45) is 4.99 Å². The van der Waals surface area contributed by atoms with Gasteiger partial charge < -0.3 is 25.1 Å². The molecule has 1 aromatic heterocycles. The maximum absolute atomic E-state index is 5.42. The molecule has 0 atom stereocenters. The number of hydrogen-bond acceptors (Lipinski definition) is 4. The first kappa shape index (κ1) is 21.0. The zero-order chi connectivity index (χ0) is 19.2. The molecular weight excluding hydrogens is 481 g/mol. The Morgan fingerprint density at radius 3 is 2.76 bits per heavy atom. The maximum Gasteiger partial charge on any atom is 0.231 e. The van der Waals surface area contributed by atoms with Crippen LogP contribution >= 0.6 is 24.0 Å². The Morgan fingerprint density at radius 1 is 1.10 bits per heavy atom. The number of fused-ring (bicyclic) bond motifs is 1. The summed E-state index contributed by atoms with van der Waals surface area (Å²) in [5.41, 5.74) is 3.18. The van der Waals surface area contributed by atoms with Gasteiger partial charge in [-0.3, -0.25) is 0 Å². The fourth-order valence-corrected chi connectivity index (χ4v) is 2.94. The molecule has 1 aliphatic heterocycles. The largest absolute Gasteiger partial charge is 0.454 e. The third-order valence-electron chi connectivity index (χ3n) is 4.34. The molecule has 0 aliphatic carbocycles. The SMILES string of the molecule is CCNC(=NCc1ccc2c(c1)OCO2)NCc1ncc(-c2ccccc2)[nH]1.I. The van der Waals surface area contributed by atoms with E-state index in [1.165, 1.54) is 0 Å². The van der Waals surface area contributed by atoms with Crippen LogP contribution in [-0.4, -0.2) is 29.3 Å². The molecule has 29 heavy (non-hydrogen) atoms. The van der Waals surface area contributed by atoms with Crippen LogP contribution in [0.25, 0.3) is 11.3 Å². The van der Waals surface area contributed by atoms with E-state index in [4.69, 9.17) is 9.47 Å². The highest BCUT2D eigenvalue weighted by molar-refractivity contribution is 14.0. The van der Waals surface area contributed by atoms with Crippen molar-refractivity contribution < 1.29 is 9.47 Å². The number of ether oxygens (including phenoxy) is 2. The van der Waals surface area contributed by atoms with Crippen molar-refractivity contribution in [3.63, 3.8) is 0 Å². The van der Waals surface area contributed by atoms with Gasteiger partial charge in [0.25, 0.3) is 0 Å². The number of hydrogen-bond donors (Lipinski definition) is 3. The van der Waals surface area contributed by atoms with Crippen molar-refractivity contribution in [3.05, 3.63) is 66.1 Å². The van der Waals surface area contributed by atoms with Gasteiger partial charge in [-0.1, -0.05) is 36.4 Å². The number of guanidine groups is 1. The lowest BCUT2D eigenvalue weighted by Crippen LogP contribution is -2.37. The minimum Gasteiger partial charge on any atom is -0.454 e. The van der Waals surface area contributed by atoms with Crippen LogP contribution in [-0.2, 0) is 13.1 Å². The number of nitrogens with one attached hydrogen (secondary N) is 3. The van der Waals surface area contributed by atoms with Crippen LogP contribution in [0, 0.1) is 0 Å². The number of nitrogens with zero attached hydrogens (tertiary/aromatic N) is 2. The van der Waals surface area contributed by atoms with Gasteiger partial charge in [0.1, 0.15) is 5.82 Å². The quantitative estimate of drug-likeness (QED) is 0.271. The van der Waals surface area contributed by atoms with Gasteiger partial charge in [-0.05, 0) is 30.2 Å². The highest BCUT2D eigenvalue weighted by Crippen LogP contribution is 2.32. The summed E-state index contributed by atoms with van der Waals surface area (Å²) in [4.78, 5) is 12.4. The van der Waals surface area contributed by atoms with E-state index in [1.54, 1.807) is 0 Å². The van der Waals surface area contributed by atoms with Gasteiger partial charge in [0.2, 0.25) is 6.79 Å². The van der Waals surface area contributed by atoms with Crippen molar-refractivity contribution >= 4 is 29.9 Å². The fourth-order valence-electron chi connectivity index (χ4n) is 2.94. The van der Waals surface area contributed by atoms with Gasteiger partial charge in [0.15, 0.2) is 17.5 Å². The molecule has 0 unspecified atom stereocenters. The molecule has 0 spiro atoms. The predicted octanol–water partition coefficient (Wildman–Crippen LogP) is 3.68. The molecule has 152 valence electrons. The molecule has 3 aromatic rings. The Labute approximate surface area is 187 Å². The highest BCUT2D eigenvalue weighted by atomic mass is 127. The van der Waals surface area contributed by atoms with Crippen molar-refractivity contribution in [1.82, 2.24) is 20.6 Å². The highest BCUT2D eigenvalue weighted by Gasteiger charge is 2.13. The average Bonchev–Trinajstić information content (AvgIpc) is 3.40. The van der Waals surface area contributed by atoms with E-state index >= 15 is 0 Å². The molecular formula is C21H24IN5O2. The van der Waals surface area contributed by atoms with Gasteiger partial charge in [0.05, 0.1) is 25.0 Å². The molecule has 3 N–H and O–H groups in total. The third kappa shape index (κ3) is 5.41. The van der Waals surface area contributed by atoms with E-state index in [9.17, 15) is 0 Å². The van der Waals surface area contributed by atoms with Crippen molar-refractivity contribution in [1.29, 1.82) is 0 Å². The Bertz CT molecular complexity index is 959. The van der Waals surface area contributed by atoms with Crippen LogP contribution in [0.1, 0.15) is 18.3 Å². The first-order chi connectivity index (χ1) is 13.8. The normalized spacial score (nSPS) is 12.4. The fraction of sp³-hybridized carbons (Fsp3) is 0.238. The summed E-state index contributed by atoms with van der Waals surface area (Å²) in [6, 6.07) is 16.0. The minimum atomic E-state index is 0. The average molecular weight is 505 g/mol. The van der Waals surface area contributed by atoms with E-state index in [0.29, 0.717) is 13.1 Å². The van der Waals surface area contributed by atoms with E-state index in [2.05, 4.69) is 37.7 Å². The molecule has 0 radical (unpaired) electrons. The molecule has 0 saturated heterocycles. The van der Waals surface area contributed by atoms with E-state index < -0.39 is 0 Å². The molecule has 0 fully saturated rings. The van der Waals surface area contributed by atoms with Crippen molar-refractivity contribution in [2.45, 2.75) is 20.0 Å². The lowest BCUT2D eigenvalue weighted by Gasteiger charge is -2.10. The number of aromatic amines is 1. The van der Waals surface area contributed by atoms with Crippen molar-refractivity contribution in [2.75, 3.05) is 13.3 Å². The molecule has 2 aromatic carbocycles. The van der Waals surface area contributed by atoms with Crippen LogP contribution in [0.3, 0.4) is 0 Å². The van der Waals surface area contributed by atoms with Crippen LogP contribution in [0.4, 0.5) is 0 Å². The predicted molar refractivity (Wildman–Crippen MR) is 124 cm³/mol. The Morgan fingerprint density at radius 2 is 1.93 bits per heavy atom. The van der Waals surface area contributed by atoms with E-state index in [0.717, 1.165) is 46.6 Å². The lowest BCUT2D eigenvalue weighted by atomic mass is 10.2. The molecule has 4 rings (SSSR count). The summed E-state index contributed by atoms with van der Waals surface area (Å²) in [5, 5.41) is 6.57. The van der Waals surface area contributed by atoms with Gasteiger partial charge in [-0.15, -0.1) is 24.0 Å². The molecule has 0 bridgehead atoms. The number of benzene rings is 2. The Kier molecular flexibility index (Phi) is 7.34. The molecule has 0 saturated carbocycles. The molecule has 8 heteroatoms. The summed E-state index contributed by atoms with van der Waals surface area (Å²) in [6.45, 7) is 4.19. The Hall–Kier alpha value is -2.75. The second-order valence-electron chi connectivity index (χ2n) is 6.35. The van der Waals surface area contributed by atoms with Gasteiger partial charge >= 0.3 is 0 Å². The zero-order valence-corrected chi connectivity index (χ0v) is 18.5. The second kappa shape index (κ2) is 10.1. The summed E-state index contributed by atoms with van der Waals surface area (Å²) >= 11 is 0. The monoisotopic (exact) mass is 505 g/mol. The number of imidazole rings is 1. The van der Waals surface area contributed by atoms with E-state index in [-0.39, 0.29) is 30.8 Å². The van der Waals surface area contributed by atoms with Gasteiger partial charge in [-0.25, -0.2) is 9.98 Å². The standard InChI is InChI=1S/C21H23N5O2.HI/c1-2-22-21(24-11-15-8-9-18-19(10-15)28-14-27-18)25-13-20-23-12-17(26-20)16-6-4-3-5-7-16;/h3-10,12H,2,11,13-14H2,1H3,(H,23,26)(H2,22,24,25);1H. The number of aromatic nitrogens is 2. The van der Waals surface area contributed by atoms with Crippen LogP contribution < -0.4 is 20.1 Å². The summed E-state index contributed by atoms with van der Waals surface area (Å²) < 4.78 is 10.8.